The van der Waals surface area contributed by atoms with Crippen molar-refractivity contribution in [3.05, 3.63) is 36.2 Å². The van der Waals surface area contributed by atoms with Gasteiger partial charge in [0, 0.05) is 42.1 Å². The number of aromatic nitrogens is 2. The summed E-state index contributed by atoms with van der Waals surface area (Å²) in [5.41, 5.74) is -0.130. The van der Waals surface area contributed by atoms with Crippen LogP contribution in [0.3, 0.4) is 0 Å². The van der Waals surface area contributed by atoms with E-state index >= 15 is 0 Å². The number of hydrogen-bond donors (Lipinski definition) is 4. The summed E-state index contributed by atoms with van der Waals surface area (Å²) in [6.45, 7) is 9.71. The lowest BCUT2D eigenvalue weighted by Gasteiger charge is -2.33. The number of nitrogens with zero attached hydrogens (tertiary/aromatic N) is 3. The van der Waals surface area contributed by atoms with Gasteiger partial charge in [0.15, 0.2) is 11.5 Å². The Balaban J connectivity index is 1.85. The van der Waals surface area contributed by atoms with Gasteiger partial charge in [-0.3, -0.25) is 9.52 Å². The molecule has 192 valence electrons. The number of alkyl halides is 2. The monoisotopic (exact) mass is 508 g/mol. The fraction of sp³-hybridized carbons (Fsp3) is 0.542. The van der Waals surface area contributed by atoms with Gasteiger partial charge in [-0.15, -0.1) is 0 Å². The van der Waals surface area contributed by atoms with Crippen molar-refractivity contribution >= 4 is 35.2 Å². The first-order valence-corrected chi connectivity index (χ1v) is 12.3. The van der Waals surface area contributed by atoms with Gasteiger partial charge in [0.25, 0.3) is 11.8 Å². The number of rotatable bonds is 8. The highest BCUT2D eigenvalue weighted by molar-refractivity contribution is 7.97. The highest BCUT2D eigenvalue weighted by Gasteiger charge is 2.36. The summed E-state index contributed by atoms with van der Waals surface area (Å²) in [6.07, 6.45) is 0.763. The minimum atomic E-state index is -2.74. The molecule has 0 atom stereocenters. The summed E-state index contributed by atoms with van der Waals surface area (Å²) < 4.78 is 30.9. The zero-order valence-corrected chi connectivity index (χ0v) is 21.6. The first-order valence-electron chi connectivity index (χ1n) is 11.5. The summed E-state index contributed by atoms with van der Waals surface area (Å²) in [5, 5.41) is 15.5. The first-order chi connectivity index (χ1) is 16.3. The Morgan fingerprint density at radius 1 is 1.20 bits per heavy atom. The first kappa shape index (κ1) is 27.1. The highest BCUT2D eigenvalue weighted by Crippen LogP contribution is 2.32. The molecule has 1 aromatic heterocycles. The van der Waals surface area contributed by atoms with E-state index in [2.05, 4.69) is 46.1 Å². The van der Waals surface area contributed by atoms with E-state index in [1.54, 1.807) is 24.8 Å². The van der Waals surface area contributed by atoms with E-state index in [9.17, 15) is 18.7 Å². The maximum Gasteiger partial charge on any atom is 0.278 e. The van der Waals surface area contributed by atoms with Gasteiger partial charge in [-0.25, -0.2) is 18.7 Å². The molecule has 1 amide bonds. The van der Waals surface area contributed by atoms with Gasteiger partial charge in [0.2, 0.25) is 0 Å². The van der Waals surface area contributed by atoms with E-state index in [0.29, 0.717) is 11.5 Å². The Morgan fingerprint density at radius 2 is 1.89 bits per heavy atom. The van der Waals surface area contributed by atoms with Crippen LogP contribution in [0.5, 0.6) is 0 Å². The molecule has 2 aromatic rings. The maximum atomic E-state index is 13.8. The van der Waals surface area contributed by atoms with Crippen LogP contribution >= 0.6 is 11.9 Å². The van der Waals surface area contributed by atoms with Gasteiger partial charge in [0.1, 0.15) is 5.82 Å². The number of carbonyl (C=O) groups is 1. The van der Waals surface area contributed by atoms with Crippen molar-refractivity contribution in [1.82, 2.24) is 14.7 Å². The fourth-order valence-electron chi connectivity index (χ4n) is 3.29. The average Bonchev–Trinajstić information content (AvgIpc) is 2.77. The number of nitrogens with one attached hydrogen (secondary N) is 3. The normalized spacial score (nSPS) is 16.2. The van der Waals surface area contributed by atoms with Crippen LogP contribution in [0.4, 0.5) is 26.1 Å². The minimum Gasteiger partial charge on any atom is -0.394 e. The van der Waals surface area contributed by atoms with Crippen molar-refractivity contribution < 1.29 is 18.7 Å². The van der Waals surface area contributed by atoms with Crippen LogP contribution in [0.2, 0.25) is 0 Å². The zero-order chi connectivity index (χ0) is 25.9. The number of aliphatic hydroxyl groups excluding tert-OH is 1. The average molecular weight is 509 g/mol. The number of amides is 1. The van der Waals surface area contributed by atoms with E-state index in [-0.39, 0.29) is 49.6 Å². The Morgan fingerprint density at radius 3 is 2.51 bits per heavy atom. The second-order valence-electron chi connectivity index (χ2n) is 10.4. The molecule has 1 saturated heterocycles. The molecule has 1 aliphatic rings. The molecule has 0 radical (unpaired) electrons. The van der Waals surface area contributed by atoms with Gasteiger partial charge in [-0.05, 0) is 64.8 Å². The van der Waals surface area contributed by atoms with Crippen molar-refractivity contribution in [3.63, 3.8) is 0 Å². The Labute approximate surface area is 209 Å². The van der Waals surface area contributed by atoms with Gasteiger partial charge in [-0.2, -0.15) is 0 Å². The van der Waals surface area contributed by atoms with Crippen molar-refractivity contribution in [2.24, 2.45) is 0 Å². The number of hydrogen-bond acceptors (Lipinski definition) is 8. The van der Waals surface area contributed by atoms with Crippen molar-refractivity contribution in [3.8, 4) is 0 Å². The van der Waals surface area contributed by atoms with E-state index in [1.165, 1.54) is 18.1 Å². The molecule has 0 saturated carbocycles. The molecule has 2 heterocycles. The third-order valence-corrected chi connectivity index (χ3v) is 6.40. The summed E-state index contributed by atoms with van der Waals surface area (Å²) in [5.74, 6) is -2.64. The molecule has 1 fully saturated rings. The quantitative estimate of drug-likeness (QED) is 0.386. The molecule has 1 aromatic carbocycles. The smallest absolute Gasteiger partial charge is 0.278 e. The second-order valence-corrected chi connectivity index (χ2v) is 11.3. The van der Waals surface area contributed by atoms with Crippen LogP contribution < -0.4 is 20.3 Å². The fourth-order valence-corrected chi connectivity index (χ4v) is 4.05. The topological polar surface area (TPSA) is 102 Å². The number of aliphatic hydroxyl groups is 1. The van der Waals surface area contributed by atoms with Crippen LogP contribution in [0.15, 0.2) is 35.4 Å². The van der Waals surface area contributed by atoms with Crippen molar-refractivity contribution in [1.29, 1.82) is 0 Å². The van der Waals surface area contributed by atoms with Crippen LogP contribution in [0, 0.1) is 0 Å². The standard InChI is InChI=1S/C24H34F2N6O2S/c1-22(2,3)31-35-17-8-6-7-16(13-17)28-21(34)19-20(32-11-9-24(25,26)10-12-32)29-18(14-27-19)30-23(4,5)15-33/h6-8,13-14,31,33H,9-12,15H2,1-5H3,(H,28,34)(H,29,30). The van der Waals surface area contributed by atoms with Crippen LogP contribution in [-0.2, 0) is 0 Å². The summed E-state index contributed by atoms with van der Waals surface area (Å²) in [7, 11) is 0. The molecule has 4 N–H and O–H groups in total. The lowest BCUT2D eigenvalue weighted by atomic mass is 10.1. The molecule has 8 nitrogen and oxygen atoms in total. The molecule has 0 bridgehead atoms. The largest absolute Gasteiger partial charge is 0.394 e. The summed E-state index contributed by atoms with van der Waals surface area (Å²) in [6, 6.07) is 7.38. The number of anilines is 3. The van der Waals surface area contributed by atoms with Crippen LogP contribution in [0.25, 0.3) is 0 Å². The molecule has 35 heavy (non-hydrogen) atoms. The molecule has 3 rings (SSSR count). The van der Waals surface area contributed by atoms with Gasteiger partial charge >= 0.3 is 0 Å². The zero-order valence-electron chi connectivity index (χ0n) is 20.8. The Hall–Kier alpha value is -2.50. The molecule has 11 heteroatoms. The molecule has 0 spiro atoms. The number of halogens is 2. The summed E-state index contributed by atoms with van der Waals surface area (Å²) >= 11 is 1.46. The third kappa shape index (κ3) is 8.01. The molecular formula is C24H34F2N6O2S. The molecule has 0 unspecified atom stereocenters. The SMILES string of the molecule is CC(C)(C)NSc1cccc(NC(=O)c2ncc(NC(C)(C)CO)nc2N2CCC(F)(F)CC2)c1. The minimum absolute atomic E-state index is 0.0495. The van der Waals surface area contributed by atoms with Gasteiger partial charge < -0.3 is 20.6 Å². The molecule has 1 aliphatic heterocycles. The molecule has 0 aliphatic carbocycles. The van der Waals surface area contributed by atoms with Crippen molar-refractivity contribution in [2.75, 3.05) is 35.2 Å². The van der Waals surface area contributed by atoms with E-state index in [1.807, 2.05) is 18.2 Å². The second kappa shape index (κ2) is 10.6. The van der Waals surface area contributed by atoms with Gasteiger partial charge in [-0.1, -0.05) is 6.07 Å². The van der Waals surface area contributed by atoms with Crippen molar-refractivity contribution in [2.45, 2.75) is 69.4 Å². The highest BCUT2D eigenvalue weighted by atomic mass is 32.2. The number of carbonyl (C=O) groups excluding carboxylic acids is 1. The van der Waals surface area contributed by atoms with Crippen LogP contribution in [0.1, 0.15) is 57.9 Å². The van der Waals surface area contributed by atoms with E-state index < -0.39 is 17.4 Å². The lowest BCUT2D eigenvalue weighted by molar-refractivity contribution is -0.0221. The van der Waals surface area contributed by atoms with E-state index in [4.69, 9.17) is 0 Å². The Bertz CT molecular complexity index is 1030. The lowest BCUT2D eigenvalue weighted by Crippen LogP contribution is -2.41. The number of benzene rings is 1. The van der Waals surface area contributed by atoms with E-state index in [0.717, 1.165) is 4.90 Å². The van der Waals surface area contributed by atoms with Crippen LogP contribution in [-0.4, -0.2) is 57.7 Å². The predicted molar refractivity (Wildman–Crippen MR) is 136 cm³/mol. The Kier molecular flexibility index (Phi) is 8.23. The third-order valence-electron chi connectivity index (χ3n) is 5.19. The predicted octanol–water partition coefficient (Wildman–Crippen LogP) is 4.54. The molecular weight excluding hydrogens is 474 g/mol. The number of piperidine rings is 1. The summed E-state index contributed by atoms with van der Waals surface area (Å²) in [4.78, 5) is 24.7. The van der Waals surface area contributed by atoms with Gasteiger partial charge in [0.05, 0.1) is 18.3 Å². The maximum absolute atomic E-state index is 13.8.